The van der Waals surface area contributed by atoms with E-state index in [0.717, 1.165) is 5.01 Å². The van der Waals surface area contributed by atoms with Crippen LogP contribution in [-0.2, 0) is 4.79 Å². The molecule has 74 valence electrons. The first-order chi connectivity index (χ1) is 5.82. The van der Waals surface area contributed by atoms with Crippen molar-refractivity contribution in [1.82, 2.24) is 5.01 Å². The molecule has 4 nitrogen and oxygen atoms in total. The van der Waals surface area contributed by atoms with E-state index < -0.39 is 30.3 Å². The Hall–Kier alpha value is -1.27. The molecule has 0 bridgehead atoms. The highest BCUT2D eigenvalue weighted by Gasteiger charge is 2.43. The first-order valence-corrected chi connectivity index (χ1v) is 3.42. The fourth-order valence-corrected chi connectivity index (χ4v) is 1.04. The third-order valence-electron chi connectivity index (χ3n) is 1.73. The molecule has 0 radical (unpaired) electrons. The summed E-state index contributed by atoms with van der Waals surface area (Å²) < 4.78 is 36.1. The number of carbonyl (C=O) groups is 1. The third kappa shape index (κ3) is 1.90. The van der Waals surface area contributed by atoms with Gasteiger partial charge in [-0.2, -0.15) is 18.3 Å². The summed E-state index contributed by atoms with van der Waals surface area (Å²) in [6.07, 6.45) is -5.12. The molecule has 1 aliphatic rings. The van der Waals surface area contributed by atoms with E-state index in [1.807, 2.05) is 0 Å². The monoisotopic (exact) mass is 196 g/mol. The van der Waals surface area contributed by atoms with Crippen molar-refractivity contribution < 1.29 is 23.1 Å². The number of hydrogen-bond donors (Lipinski definition) is 1. The second-order valence-electron chi connectivity index (χ2n) is 2.68. The molecule has 7 heteroatoms. The van der Waals surface area contributed by atoms with Crippen molar-refractivity contribution in [3.63, 3.8) is 0 Å². The summed E-state index contributed by atoms with van der Waals surface area (Å²) >= 11 is 0. The van der Waals surface area contributed by atoms with Gasteiger partial charge in [0.15, 0.2) is 0 Å². The molecular weight excluding hydrogens is 189 g/mol. The molecule has 13 heavy (non-hydrogen) atoms. The molecule has 0 aromatic rings. The Balaban J connectivity index is 2.77. The minimum Gasteiger partial charge on any atom is -0.480 e. The van der Waals surface area contributed by atoms with Crippen LogP contribution in [0.4, 0.5) is 13.2 Å². The molecule has 0 fully saturated rings. The number of halogens is 3. The predicted molar refractivity (Wildman–Crippen MR) is 37.3 cm³/mol. The summed E-state index contributed by atoms with van der Waals surface area (Å²) in [4.78, 5) is 10.4. The highest BCUT2D eigenvalue weighted by atomic mass is 19.4. The number of hydrogen-bond acceptors (Lipinski definition) is 3. The van der Waals surface area contributed by atoms with Gasteiger partial charge in [0.2, 0.25) is 0 Å². The molecule has 0 aliphatic carbocycles. The van der Waals surface area contributed by atoms with Gasteiger partial charge in [-0.05, 0) is 0 Å². The minimum atomic E-state index is -4.53. The molecule has 1 N–H and O–H groups in total. The van der Waals surface area contributed by atoms with Crippen molar-refractivity contribution in [2.24, 2.45) is 5.10 Å². The summed E-state index contributed by atoms with van der Waals surface area (Å²) in [5, 5.41) is 12.4. The number of carboxylic acids is 1. The summed E-state index contributed by atoms with van der Waals surface area (Å²) in [5.41, 5.74) is -1.04. The lowest BCUT2D eigenvalue weighted by molar-refractivity contribution is -0.142. The van der Waals surface area contributed by atoms with Crippen LogP contribution in [0.3, 0.4) is 0 Å². The number of alkyl halides is 3. The Kier molecular flexibility index (Phi) is 2.19. The molecule has 1 unspecified atom stereocenters. The molecule has 0 saturated carbocycles. The summed E-state index contributed by atoms with van der Waals surface area (Å²) in [7, 11) is 1.21. The molecule has 0 amide bonds. The normalized spacial score (nSPS) is 23.2. The van der Waals surface area contributed by atoms with Crippen molar-refractivity contribution in [1.29, 1.82) is 0 Å². The van der Waals surface area contributed by atoms with Gasteiger partial charge < -0.3 is 5.11 Å². The van der Waals surface area contributed by atoms with Crippen LogP contribution in [0, 0.1) is 0 Å². The van der Waals surface area contributed by atoms with Crippen LogP contribution in [0.2, 0.25) is 0 Å². The van der Waals surface area contributed by atoms with Crippen LogP contribution in [0.15, 0.2) is 5.10 Å². The summed E-state index contributed by atoms with van der Waals surface area (Å²) in [6, 6.07) is -1.20. The van der Waals surface area contributed by atoms with E-state index in [9.17, 15) is 18.0 Å². The maximum absolute atomic E-state index is 12.0. The number of rotatable bonds is 1. The molecular formula is C6H7F3N2O2. The van der Waals surface area contributed by atoms with Crippen molar-refractivity contribution in [2.75, 3.05) is 7.05 Å². The minimum absolute atomic E-state index is 0.588. The Bertz CT molecular complexity index is 261. The van der Waals surface area contributed by atoms with Crippen LogP contribution in [0.5, 0.6) is 0 Å². The van der Waals surface area contributed by atoms with Gasteiger partial charge in [-0.1, -0.05) is 0 Å². The Labute approximate surface area is 71.6 Å². The number of aliphatic carboxylic acids is 1. The second-order valence-corrected chi connectivity index (χ2v) is 2.68. The average molecular weight is 196 g/mol. The SMILES string of the molecule is CN1N=C(C(F)(F)F)CC1C(=O)O. The average Bonchev–Trinajstić information content (AvgIpc) is 2.29. The lowest BCUT2D eigenvalue weighted by atomic mass is 10.1. The number of likely N-dealkylation sites (N-methyl/N-ethyl adjacent to an activating group) is 1. The quantitative estimate of drug-likeness (QED) is 0.671. The maximum Gasteiger partial charge on any atom is 0.431 e. The van der Waals surface area contributed by atoms with Crippen molar-refractivity contribution in [2.45, 2.75) is 18.6 Å². The second kappa shape index (κ2) is 2.90. The van der Waals surface area contributed by atoms with E-state index in [1.165, 1.54) is 7.05 Å². The smallest absolute Gasteiger partial charge is 0.431 e. The Morgan fingerprint density at radius 3 is 2.46 bits per heavy atom. The van der Waals surface area contributed by atoms with Gasteiger partial charge in [0.05, 0.1) is 0 Å². The van der Waals surface area contributed by atoms with E-state index in [1.54, 1.807) is 0 Å². The summed E-state index contributed by atoms with van der Waals surface area (Å²) in [6.45, 7) is 0. The number of hydrazone groups is 1. The van der Waals surface area contributed by atoms with Crippen molar-refractivity contribution >= 4 is 11.7 Å². The molecule has 1 atom stereocenters. The van der Waals surface area contributed by atoms with E-state index in [4.69, 9.17) is 5.11 Å². The first kappa shape index (κ1) is 9.82. The van der Waals surface area contributed by atoms with Crippen LogP contribution in [0.1, 0.15) is 6.42 Å². The van der Waals surface area contributed by atoms with E-state index >= 15 is 0 Å². The molecule has 0 saturated heterocycles. The van der Waals surface area contributed by atoms with Gasteiger partial charge in [0.25, 0.3) is 0 Å². The highest BCUT2D eigenvalue weighted by molar-refractivity contribution is 5.95. The fourth-order valence-electron chi connectivity index (χ4n) is 1.04. The van der Waals surface area contributed by atoms with Gasteiger partial charge >= 0.3 is 12.1 Å². The van der Waals surface area contributed by atoms with E-state index in [2.05, 4.69) is 5.10 Å². The lowest BCUT2D eigenvalue weighted by Crippen LogP contribution is -2.32. The zero-order valence-corrected chi connectivity index (χ0v) is 6.67. The molecule has 0 aromatic carbocycles. The van der Waals surface area contributed by atoms with Gasteiger partial charge in [-0.25, -0.2) is 4.79 Å². The van der Waals surface area contributed by atoms with E-state index in [-0.39, 0.29) is 0 Å². The summed E-state index contributed by atoms with van der Waals surface area (Å²) in [5.74, 6) is -1.30. The molecule has 1 aliphatic heterocycles. The lowest BCUT2D eigenvalue weighted by Gasteiger charge is -2.12. The van der Waals surface area contributed by atoms with Gasteiger partial charge in [-0.3, -0.25) is 5.01 Å². The number of nitrogens with zero attached hydrogens (tertiary/aromatic N) is 2. The van der Waals surface area contributed by atoms with Crippen molar-refractivity contribution in [3.05, 3.63) is 0 Å². The number of carboxylic acid groups (broad SMARTS) is 1. The van der Waals surface area contributed by atoms with Crippen LogP contribution < -0.4 is 0 Å². The third-order valence-corrected chi connectivity index (χ3v) is 1.73. The molecule has 0 spiro atoms. The standard InChI is InChI=1S/C6H7F3N2O2/c1-11-3(5(12)13)2-4(10-11)6(7,8)9/h3H,2H2,1H3,(H,12,13). The largest absolute Gasteiger partial charge is 0.480 e. The van der Waals surface area contributed by atoms with Crippen LogP contribution in [-0.4, -0.2) is 41.1 Å². The topological polar surface area (TPSA) is 52.9 Å². The Morgan fingerprint density at radius 1 is 1.69 bits per heavy atom. The first-order valence-electron chi connectivity index (χ1n) is 3.42. The van der Waals surface area contributed by atoms with Crippen LogP contribution >= 0.6 is 0 Å². The zero-order chi connectivity index (χ0) is 10.2. The molecule has 1 rings (SSSR count). The van der Waals surface area contributed by atoms with E-state index in [0.29, 0.717) is 0 Å². The zero-order valence-electron chi connectivity index (χ0n) is 6.67. The molecule has 0 aromatic heterocycles. The van der Waals surface area contributed by atoms with Gasteiger partial charge in [0.1, 0.15) is 11.8 Å². The molecule has 1 heterocycles. The predicted octanol–water partition coefficient (Wildman–Crippen LogP) is 0.693. The van der Waals surface area contributed by atoms with Gasteiger partial charge in [-0.15, -0.1) is 0 Å². The van der Waals surface area contributed by atoms with Gasteiger partial charge in [0, 0.05) is 13.5 Å². The Morgan fingerprint density at radius 2 is 2.23 bits per heavy atom. The fraction of sp³-hybridized carbons (Fsp3) is 0.667. The maximum atomic E-state index is 12.0. The van der Waals surface area contributed by atoms with Crippen LogP contribution in [0.25, 0.3) is 0 Å². The highest BCUT2D eigenvalue weighted by Crippen LogP contribution is 2.26. The van der Waals surface area contributed by atoms with Crippen molar-refractivity contribution in [3.8, 4) is 0 Å².